The van der Waals surface area contributed by atoms with Crippen LogP contribution in [0.15, 0.2) is 18.2 Å². The lowest BCUT2D eigenvalue weighted by Gasteiger charge is -2.12. The number of carbonyl (C=O) groups excluding carboxylic acids is 1. The van der Waals surface area contributed by atoms with Crippen molar-refractivity contribution in [3.05, 3.63) is 34.9 Å². The van der Waals surface area contributed by atoms with Gasteiger partial charge in [-0.25, -0.2) is 4.79 Å². The van der Waals surface area contributed by atoms with E-state index in [0.717, 1.165) is 5.75 Å². The first-order chi connectivity index (χ1) is 7.49. The first-order valence-corrected chi connectivity index (χ1v) is 6.17. The Morgan fingerprint density at radius 2 is 2.19 bits per heavy atom. The fourth-order valence-corrected chi connectivity index (χ4v) is 2.31. The molecule has 0 bridgehead atoms. The van der Waals surface area contributed by atoms with Crippen LogP contribution >= 0.6 is 11.8 Å². The van der Waals surface area contributed by atoms with Gasteiger partial charge >= 0.3 is 6.09 Å². The Bertz CT molecular complexity index is 379. The number of nitrogens with two attached hydrogens (primary N) is 1. The fourth-order valence-electron chi connectivity index (χ4n) is 1.41. The van der Waals surface area contributed by atoms with Gasteiger partial charge in [0.1, 0.15) is 5.44 Å². The molecule has 1 amide bonds. The summed E-state index contributed by atoms with van der Waals surface area (Å²) >= 11 is 1.55. The average Bonchev–Trinajstić information content (AvgIpc) is 2.15. The minimum atomic E-state index is -0.722. The summed E-state index contributed by atoms with van der Waals surface area (Å²) in [7, 11) is 0. The van der Waals surface area contributed by atoms with Crippen LogP contribution in [-0.4, -0.2) is 11.5 Å². The quantitative estimate of drug-likeness (QED) is 0.822. The molecule has 0 fully saturated rings. The number of benzene rings is 1. The molecular weight excluding hydrogens is 222 g/mol. The minimum Gasteiger partial charge on any atom is -0.436 e. The third kappa shape index (κ3) is 4.14. The molecule has 0 aliphatic carbocycles. The van der Waals surface area contributed by atoms with Crippen LogP contribution in [-0.2, 0) is 10.5 Å². The SMILES string of the molecule is Cc1ccc(CSC(C)OC(N)=O)c(C)c1. The smallest absolute Gasteiger partial charge is 0.405 e. The molecule has 0 saturated heterocycles. The number of ether oxygens (including phenoxy) is 1. The van der Waals surface area contributed by atoms with E-state index in [-0.39, 0.29) is 5.44 Å². The average molecular weight is 239 g/mol. The molecule has 0 aliphatic heterocycles. The maximum absolute atomic E-state index is 10.5. The van der Waals surface area contributed by atoms with Gasteiger partial charge in [-0.3, -0.25) is 0 Å². The lowest BCUT2D eigenvalue weighted by Crippen LogP contribution is -2.18. The highest BCUT2D eigenvalue weighted by Crippen LogP contribution is 2.21. The number of carbonyl (C=O) groups is 1. The van der Waals surface area contributed by atoms with Gasteiger partial charge in [0.25, 0.3) is 0 Å². The zero-order valence-corrected chi connectivity index (χ0v) is 10.6. The van der Waals surface area contributed by atoms with Crippen LogP contribution in [0, 0.1) is 13.8 Å². The highest BCUT2D eigenvalue weighted by Gasteiger charge is 2.07. The van der Waals surface area contributed by atoms with E-state index in [2.05, 4.69) is 32.0 Å². The van der Waals surface area contributed by atoms with Crippen molar-refractivity contribution < 1.29 is 9.53 Å². The van der Waals surface area contributed by atoms with Gasteiger partial charge in [-0.15, -0.1) is 11.8 Å². The van der Waals surface area contributed by atoms with E-state index in [0.29, 0.717) is 0 Å². The standard InChI is InChI=1S/C12H17NO2S/c1-8-4-5-11(9(2)6-8)7-16-10(3)15-12(13)14/h4-6,10H,7H2,1-3H3,(H2,13,14). The van der Waals surface area contributed by atoms with Crippen molar-refractivity contribution >= 4 is 17.9 Å². The van der Waals surface area contributed by atoms with Crippen molar-refractivity contribution in [3.63, 3.8) is 0 Å². The molecular formula is C12H17NO2S. The summed E-state index contributed by atoms with van der Waals surface area (Å²) in [4.78, 5) is 10.5. The van der Waals surface area contributed by atoms with Crippen LogP contribution in [0.4, 0.5) is 4.79 Å². The second kappa shape index (κ2) is 5.80. The molecule has 88 valence electrons. The number of thioether (sulfide) groups is 1. The number of rotatable bonds is 4. The fraction of sp³-hybridized carbons (Fsp3) is 0.417. The van der Waals surface area contributed by atoms with Crippen LogP contribution in [0.2, 0.25) is 0 Å². The molecule has 16 heavy (non-hydrogen) atoms. The van der Waals surface area contributed by atoms with Gasteiger partial charge in [-0.1, -0.05) is 23.8 Å². The Morgan fingerprint density at radius 1 is 1.50 bits per heavy atom. The Morgan fingerprint density at radius 3 is 2.75 bits per heavy atom. The van der Waals surface area contributed by atoms with E-state index in [9.17, 15) is 4.79 Å². The van der Waals surface area contributed by atoms with Crippen molar-refractivity contribution in [1.82, 2.24) is 0 Å². The van der Waals surface area contributed by atoms with E-state index in [4.69, 9.17) is 10.5 Å². The van der Waals surface area contributed by atoms with Gasteiger partial charge in [-0.2, -0.15) is 0 Å². The molecule has 0 spiro atoms. The van der Waals surface area contributed by atoms with Crippen molar-refractivity contribution in [1.29, 1.82) is 0 Å². The highest BCUT2D eigenvalue weighted by molar-refractivity contribution is 7.99. The van der Waals surface area contributed by atoms with Gasteiger partial charge < -0.3 is 10.5 Å². The second-order valence-corrected chi connectivity index (χ2v) is 5.03. The normalized spacial score (nSPS) is 12.2. The third-order valence-corrected chi connectivity index (χ3v) is 3.30. The van der Waals surface area contributed by atoms with Crippen molar-refractivity contribution in [2.75, 3.05) is 0 Å². The Kier molecular flexibility index (Phi) is 4.68. The van der Waals surface area contributed by atoms with Crippen molar-refractivity contribution in [2.24, 2.45) is 5.73 Å². The van der Waals surface area contributed by atoms with Gasteiger partial charge in [-0.05, 0) is 31.9 Å². The summed E-state index contributed by atoms with van der Waals surface area (Å²) in [5.41, 5.74) is 8.51. The summed E-state index contributed by atoms with van der Waals surface area (Å²) < 4.78 is 4.84. The van der Waals surface area contributed by atoms with Crippen LogP contribution in [0.3, 0.4) is 0 Å². The summed E-state index contributed by atoms with van der Waals surface area (Å²) in [6.07, 6.45) is -0.722. The van der Waals surface area contributed by atoms with E-state index >= 15 is 0 Å². The molecule has 1 aromatic carbocycles. The van der Waals surface area contributed by atoms with Crippen molar-refractivity contribution in [2.45, 2.75) is 32.0 Å². The number of amides is 1. The summed E-state index contributed by atoms with van der Waals surface area (Å²) in [5.74, 6) is 0.820. The topological polar surface area (TPSA) is 52.3 Å². The van der Waals surface area contributed by atoms with E-state index < -0.39 is 6.09 Å². The molecule has 4 heteroatoms. The molecule has 2 N–H and O–H groups in total. The lowest BCUT2D eigenvalue weighted by atomic mass is 10.1. The summed E-state index contributed by atoms with van der Waals surface area (Å²) in [6.45, 7) is 5.98. The highest BCUT2D eigenvalue weighted by atomic mass is 32.2. The van der Waals surface area contributed by atoms with Gasteiger partial charge in [0.15, 0.2) is 0 Å². The summed E-state index contributed by atoms with van der Waals surface area (Å²) in [5, 5.41) is 0. The maximum atomic E-state index is 10.5. The molecule has 1 unspecified atom stereocenters. The second-order valence-electron chi connectivity index (χ2n) is 3.75. The molecule has 0 radical (unpaired) electrons. The van der Waals surface area contributed by atoms with Crippen LogP contribution in [0.1, 0.15) is 23.6 Å². The predicted molar refractivity (Wildman–Crippen MR) is 67.3 cm³/mol. The molecule has 0 saturated carbocycles. The predicted octanol–water partition coefficient (Wildman–Crippen LogP) is 2.98. The van der Waals surface area contributed by atoms with E-state index in [1.54, 1.807) is 11.8 Å². The lowest BCUT2D eigenvalue weighted by molar-refractivity contribution is 0.152. The Balaban J connectivity index is 2.51. The van der Waals surface area contributed by atoms with Crippen molar-refractivity contribution in [3.8, 4) is 0 Å². The monoisotopic (exact) mass is 239 g/mol. The largest absolute Gasteiger partial charge is 0.436 e. The zero-order valence-electron chi connectivity index (χ0n) is 9.82. The number of hydrogen-bond donors (Lipinski definition) is 1. The van der Waals surface area contributed by atoms with E-state index in [1.165, 1.54) is 16.7 Å². The van der Waals surface area contributed by atoms with Gasteiger partial charge in [0, 0.05) is 5.75 Å². The molecule has 1 rings (SSSR count). The maximum Gasteiger partial charge on any atom is 0.405 e. The number of primary amides is 1. The van der Waals surface area contributed by atoms with E-state index in [1.807, 2.05) is 6.92 Å². The van der Waals surface area contributed by atoms with Gasteiger partial charge in [0.05, 0.1) is 0 Å². The minimum absolute atomic E-state index is 0.210. The van der Waals surface area contributed by atoms with Crippen LogP contribution in [0.5, 0.6) is 0 Å². The molecule has 0 heterocycles. The Labute approximate surface area is 100 Å². The van der Waals surface area contributed by atoms with Crippen LogP contribution < -0.4 is 5.73 Å². The third-order valence-electron chi connectivity index (χ3n) is 2.25. The number of hydrogen-bond acceptors (Lipinski definition) is 3. The first-order valence-electron chi connectivity index (χ1n) is 5.13. The first kappa shape index (κ1) is 12.9. The Hall–Kier alpha value is -1.16. The molecule has 0 aromatic heterocycles. The zero-order chi connectivity index (χ0) is 12.1. The van der Waals surface area contributed by atoms with Crippen LogP contribution in [0.25, 0.3) is 0 Å². The molecule has 3 nitrogen and oxygen atoms in total. The summed E-state index contributed by atoms with van der Waals surface area (Å²) in [6, 6.07) is 6.34. The number of aryl methyl sites for hydroxylation is 2. The molecule has 1 atom stereocenters. The molecule has 1 aromatic rings. The molecule has 0 aliphatic rings. The van der Waals surface area contributed by atoms with Gasteiger partial charge in [0.2, 0.25) is 0 Å².